The van der Waals surface area contributed by atoms with Gasteiger partial charge < -0.3 is 10.1 Å². The van der Waals surface area contributed by atoms with Crippen molar-refractivity contribution in [1.29, 1.82) is 0 Å². The van der Waals surface area contributed by atoms with Gasteiger partial charge in [0, 0.05) is 18.5 Å². The van der Waals surface area contributed by atoms with E-state index in [-0.39, 0.29) is 11.9 Å². The highest BCUT2D eigenvalue weighted by Crippen LogP contribution is 2.14. The molecule has 0 saturated carbocycles. The van der Waals surface area contributed by atoms with E-state index in [1.807, 2.05) is 19.1 Å². The standard InChI is InChI=1S/C17H23N5O3/c1-13-11-14(8-9-15(13)22-12-19-20-21-22)17(24)18-10-6-4-3-5-7-16(23)25-2/h8-9,11-12H,3-7,10H2,1-2H3,(H,18,24). The van der Waals surface area contributed by atoms with Crippen molar-refractivity contribution in [2.75, 3.05) is 13.7 Å². The predicted octanol–water partition coefficient (Wildman–Crippen LogP) is 1.82. The minimum atomic E-state index is -0.172. The molecule has 1 N–H and O–H groups in total. The first kappa shape index (κ1) is 18.6. The van der Waals surface area contributed by atoms with Gasteiger partial charge in [0.05, 0.1) is 12.8 Å². The average molecular weight is 345 g/mol. The van der Waals surface area contributed by atoms with Crippen molar-refractivity contribution < 1.29 is 14.3 Å². The SMILES string of the molecule is COC(=O)CCCCCCNC(=O)c1ccc(-n2cnnn2)c(C)c1. The van der Waals surface area contributed by atoms with Crippen LogP contribution >= 0.6 is 0 Å². The molecule has 0 spiro atoms. The van der Waals surface area contributed by atoms with E-state index >= 15 is 0 Å². The molecule has 8 nitrogen and oxygen atoms in total. The number of aryl methyl sites for hydroxylation is 1. The maximum absolute atomic E-state index is 12.2. The number of hydrogen-bond acceptors (Lipinski definition) is 6. The number of rotatable bonds is 9. The summed E-state index contributed by atoms with van der Waals surface area (Å²) in [4.78, 5) is 23.2. The molecule has 8 heteroatoms. The molecule has 0 saturated heterocycles. The normalized spacial score (nSPS) is 10.5. The Bertz CT molecular complexity index is 700. The van der Waals surface area contributed by atoms with Crippen molar-refractivity contribution in [3.63, 3.8) is 0 Å². The fourth-order valence-corrected chi connectivity index (χ4v) is 2.48. The van der Waals surface area contributed by atoms with Crippen LogP contribution in [0.3, 0.4) is 0 Å². The van der Waals surface area contributed by atoms with Gasteiger partial charge in [0.2, 0.25) is 0 Å². The lowest BCUT2D eigenvalue weighted by molar-refractivity contribution is -0.140. The molecular weight excluding hydrogens is 322 g/mol. The smallest absolute Gasteiger partial charge is 0.305 e. The maximum Gasteiger partial charge on any atom is 0.305 e. The number of aromatic nitrogens is 4. The number of carbonyl (C=O) groups excluding carboxylic acids is 2. The van der Waals surface area contributed by atoms with Gasteiger partial charge in [-0.25, -0.2) is 4.68 Å². The summed E-state index contributed by atoms with van der Waals surface area (Å²) in [7, 11) is 1.40. The van der Waals surface area contributed by atoms with Crippen molar-refractivity contribution in [3.05, 3.63) is 35.7 Å². The van der Waals surface area contributed by atoms with Gasteiger partial charge >= 0.3 is 5.97 Å². The van der Waals surface area contributed by atoms with Gasteiger partial charge in [0.1, 0.15) is 6.33 Å². The topological polar surface area (TPSA) is 99.0 Å². The fourth-order valence-electron chi connectivity index (χ4n) is 2.48. The lowest BCUT2D eigenvalue weighted by atomic mass is 10.1. The summed E-state index contributed by atoms with van der Waals surface area (Å²) in [5, 5.41) is 14.0. The number of methoxy groups -OCH3 is 1. The number of unbranched alkanes of at least 4 members (excludes halogenated alkanes) is 3. The number of nitrogens with one attached hydrogen (secondary N) is 1. The molecular formula is C17H23N5O3. The van der Waals surface area contributed by atoms with E-state index < -0.39 is 0 Å². The third-order valence-electron chi connectivity index (χ3n) is 3.88. The van der Waals surface area contributed by atoms with Crippen molar-refractivity contribution in [3.8, 4) is 5.69 Å². The van der Waals surface area contributed by atoms with Crippen molar-refractivity contribution in [2.45, 2.75) is 39.0 Å². The van der Waals surface area contributed by atoms with Gasteiger partial charge in [-0.2, -0.15) is 0 Å². The first-order chi connectivity index (χ1) is 12.1. The second-order valence-electron chi connectivity index (χ2n) is 5.75. The molecule has 1 aromatic heterocycles. The van der Waals surface area contributed by atoms with Gasteiger partial charge in [-0.3, -0.25) is 9.59 Å². The molecule has 25 heavy (non-hydrogen) atoms. The molecule has 0 atom stereocenters. The van der Waals surface area contributed by atoms with E-state index in [9.17, 15) is 9.59 Å². The monoisotopic (exact) mass is 345 g/mol. The lowest BCUT2D eigenvalue weighted by Crippen LogP contribution is -2.24. The highest BCUT2D eigenvalue weighted by atomic mass is 16.5. The van der Waals surface area contributed by atoms with Gasteiger partial charge in [0.15, 0.2) is 0 Å². The van der Waals surface area contributed by atoms with Crippen LogP contribution in [-0.2, 0) is 9.53 Å². The molecule has 0 radical (unpaired) electrons. The number of ether oxygens (including phenoxy) is 1. The molecule has 1 heterocycles. The molecule has 2 aromatic rings. The highest BCUT2D eigenvalue weighted by Gasteiger charge is 2.09. The van der Waals surface area contributed by atoms with E-state index in [4.69, 9.17) is 0 Å². The Morgan fingerprint density at radius 2 is 2.00 bits per heavy atom. The lowest BCUT2D eigenvalue weighted by Gasteiger charge is -2.08. The van der Waals surface area contributed by atoms with Crippen LogP contribution < -0.4 is 5.32 Å². The first-order valence-electron chi connectivity index (χ1n) is 8.31. The van der Waals surface area contributed by atoms with E-state index in [2.05, 4.69) is 25.6 Å². The number of nitrogens with zero attached hydrogens (tertiary/aromatic N) is 4. The Kier molecular flexibility index (Phi) is 7.06. The van der Waals surface area contributed by atoms with Gasteiger partial charge in [-0.05, 0) is 54.0 Å². The van der Waals surface area contributed by atoms with Crippen LogP contribution in [0.1, 0.15) is 48.0 Å². The van der Waals surface area contributed by atoms with E-state index in [0.29, 0.717) is 18.5 Å². The summed E-state index contributed by atoms with van der Waals surface area (Å²) in [5.41, 5.74) is 2.37. The third kappa shape index (κ3) is 5.66. The number of hydrogen-bond donors (Lipinski definition) is 1. The molecule has 0 aliphatic rings. The maximum atomic E-state index is 12.2. The molecule has 2 rings (SSSR count). The summed E-state index contributed by atoms with van der Waals surface area (Å²) in [6, 6.07) is 5.41. The highest BCUT2D eigenvalue weighted by molar-refractivity contribution is 5.94. The van der Waals surface area contributed by atoms with Gasteiger partial charge in [-0.15, -0.1) is 5.10 Å². The number of benzene rings is 1. The first-order valence-corrected chi connectivity index (χ1v) is 8.31. The Balaban J connectivity index is 1.72. The van der Waals surface area contributed by atoms with Crippen LogP contribution in [-0.4, -0.2) is 45.7 Å². The summed E-state index contributed by atoms with van der Waals surface area (Å²) in [6.45, 7) is 2.53. The summed E-state index contributed by atoms with van der Waals surface area (Å²) < 4.78 is 6.15. The van der Waals surface area contributed by atoms with Crippen LogP contribution in [0.15, 0.2) is 24.5 Å². The minimum Gasteiger partial charge on any atom is -0.469 e. The van der Waals surface area contributed by atoms with Crippen LogP contribution in [0.25, 0.3) is 5.69 Å². The zero-order valence-electron chi connectivity index (χ0n) is 14.6. The minimum absolute atomic E-state index is 0.0964. The largest absolute Gasteiger partial charge is 0.469 e. The van der Waals surface area contributed by atoms with Gasteiger partial charge in [-0.1, -0.05) is 12.8 Å². The molecule has 1 aromatic carbocycles. The molecule has 0 aliphatic carbocycles. The van der Waals surface area contributed by atoms with Crippen molar-refractivity contribution in [2.24, 2.45) is 0 Å². The van der Waals surface area contributed by atoms with Crippen LogP contribution in [0.5, 0.6) is 0 Å². The fraction of sp³-hybridized carbons (Fsp3) is 0.471. The number of tetrazole rings is 1. The molecule has 0 fully saturated rings. The van der Waals surface area contributed by atoms with Crippen molar-refractivity contribution in [1.82, 2.24) is 25.5 Å². The Labute approximate surface area is 146 Å². The van der Waals surface area contributed by atoms with E-state index in [1.165, 1.54) is 13.4 Å². The quantitative estimate of drug-likeness (QED) is 0.550. The molecule has 1 amide bonds. The average Bonchev–Trinajstić information content (AvgIpc) is 3.14. The van der Waals surface area contributed by atoms with Crippen molar-refractivity contribution >= 4 is 11.9 Å². The molecule has 0 unspecified atom stereocenters. The second kappa shape index (κ2) is 9.51. The predicted molar refractivity (Wildman–Crippen MR) is 91.3 cm³/mol. The molecule has 134 valence electrons. The number of esters is 1. The van der Waals surface area contributed by atoms with Gasteiger partial charge in [0.25, 0.3) is 5.91 Å². The van der Waals surface area contributed by atoms with E-state index in [0.717, 1.165) is 36.9 Å². The summed E-state index contributed by atoms with van der Waals surface area (Å²) >= 11 is 0. The van der Waals surface area contributed by atoms with Crippen LogP contribution in [0.2, 0.25) is 0 Å². The Morgan fingerprint density at radius 3 is 2.68 bits per heavy atom. The van der Waals surface area contributed by atoms with E-state index in [1.54, 1.807) is 10.7 Å². The molecule has 0 bridgehead atoms. The second-order valence-corrected chi connectivity index (χ2v) is 5.75. The zero-order chi connectivity index (χ0) is 18.1. The Morgan fingerprint density at radius 1 is 1.20 bits per heavy atom. The van der Waals surface area contributed by atoms with Crippen LogP contribution in [0.4, 0.5) is 0 Å². The summed E-state index contributed by atoms with van der Waals surface area (Å²) in [5.74, 6) is -0.269. The third-order valence-corrected chi connectivity index (χ3v) is 3.88. The summed E-state index contributed by atoms with van der Waals surface area (Å²) in [6.07, 6.45) is 5.59. The number of amides is 1. The number of carbonyl (C=O) groups is 2. The molecule has 0 aliphatic heterocycles. The van der Waals surface area contributed by atoms with Crippen LogP contribution in [0, 0.1) is 6.92 Å². The Hall–Kier alpha value is -2.77. The zero-order valence-corrected chi connectivity index (χ0v) is 14.6.